The minimum atomic E-state index is -2.42. The molecule has 0 unspecified atom stereocenters. The van der Waals surface area contributed by atoms with Gasteiger partial charge in [0.05, 0.1) is 0 Å². The maximum absolute atomic E-state index is 11.9. The second-order valence-electron chi connectivity index (χ2n) is 2.01. The third kappa shape index (κ3) is 1.90. The Morgan fingerprint density at radius 1 is 1.18 bits per heavy atom. The lowest BCUT2D eigenvalue weighted by Crippen LogP contribution is -1.84. The molecule has 1 rings (SSSR count). The van der Waals surface area contributed by atoms with Gasteiger partial charge in [-0.05, 0) is 24.3 Å². The molecule has 11 heavy (non-hydrogen) atoms. The van der Waals surface area contributed by atoms with Gasteiger partial charge in [-0.2, -0.15) is 0 Å². The summed E-state index contributed by atoms with van der Waals surface area (Å²) in [5.74, 6) is 0.481. The Morgan fingerprint density at radius 2 is 1.73 bits per heavy atom. The molecular formula is C8H7F2O. The monoisotopic (exact) mass is 157 g/mol. The number of hydrogen-bond acceptors (Lipinski definition) is 1. The van der Waals surface area contributed by atoms with Gasteiger partial charge in [-0.3, -0.25) is 0 Å². The summed E-state index contributed by atoms with van der Waals surface area (Å²) in [5, 5.41) is 0. The average molecular weight is 157 g/mol. The maximum Gasteiger partial charge on any atom is 0.263 e. The van der Waals surface area contributed by atoms with E-state index in [0.29, 0.717) is 5.75 Å². The maximum atomic E-state index is 11.9. The summed E-state index contributed by atoms with van der Waals surface area (Å²) in [6.07, 6.45) is -2.42. The summed E-state index contributed by atoms with van der Waals surface area (Å²) in [6, 6.07) is 5.53. The van der Waals surface area contributed by atoms with Crippen molar-refractivity contribution in [2.24, 2.45) is 0 Å². The Balaban J connectivity index is 2.83. The molecule has 59 valence electrons. The zero-order chi connectivity index (χ0) is 8.27. The van der Waals surface area contributed by atoms with Gasteiger partial charge in [0.1, 0.15) is 12.9 Å². The average Bonchev–Trinajstić information content (AvgIpc) is 2.05. The summed E-state index contributed by atoms with van der Waals surface area (Å²) < 4.78 is 28.4. The van der Waals surface area contributed by atoms with E-state index in [2.05, 4.69) is 11.8 Å². The molecule has 0 aliphatic heterocycles. The minimum absolute atomic E-state index is 0.00852. The van der Waals surface area contributed by atoms with Gasteiger partial charge in [0.25, 0.3) is 6.43 Å². The highest BCUT2D eigenvalue weighted by atomic mass is 19.3. The number of benzene rings is 1. The molecule has 0 saturated carbocycles. The van der Waals surface area contributed by atoms with Crippen molar-refractivity contribution in [3.63, 3.8) is 0 Å². The van der Waals surface area contributed by atoms with E-state index < -0.39 is 6.43 Å². The van der Waals surface area contributed by atoms with Crippen LogP contribution in [-0.4, -0.2) is 0 Å². The molecule has 0 atom stereocenters. The third-order valence-corrected chi connectivity index (χ3v) is 1.30. The van der Waals surface area contributed by atoms with Crippen LogP contribution >= 0.6 is 0 Å². The van der Waals surface area contributed by atoms with Crippen LogP contribution in [-0.2, 0) is 0 Å². The van der Waals surface area contributed by atoms with Crippen LogP contribution in [0.4, 0.5) is 8.78 Å². The first-order chi connectivity index (χ1) is 5.24. The van der Waals surface area contributed by atoms with E-state index in [1.54, 1.807) is 0 Å². The lowest BCUT2D eigenvalue weighted by Gasteiger charge is -2.00. The van der Waals surface area contributed by atoms with Gasteiger partial charge in [0, 0.05) is 5.56 Å². The molecule has 1 nitrogen and oxygen atoms in total. The number of rotatable bonds is 2. The van der Waals surface area contributed by atoms with Crippen LogP contribution in [0.25, 0.3) is 0 Å². The largest absolute Gasteiger partial charge is 0.490 e. The summed E-state index contributed by atoms with van der Waals surface area (Å²) in [7, 11) is 3.14. The summed E-state index contributed by atoms with van der Waals surface area (Å²) in [5.41, 5.74) is -0.00852. The SMILES string of the molecule is [CH2]Oc1ccc(C(F)F)cc1. The molecule has 0 N–H and O–H groups in total. The van der Waals surface area contributed by atoms with Crippen molar-refractivity contribution in [2.75, 3.05) is 0 Å². The Kier molecular flexibility index (Phi) is 2.41. The van der Waals surface area contributed by atoms with Crippen LogP contribution in [0.1, 0.15) is 12.0 Å². The topological polar surface area (TPSA) is 9.23 Å². The normalized spacial score (nSPS) is 10.2. The molecule has 0 fully saturated rings. The smallest absolute Gasteiger partial charge is 0.263 e. The van der Waals surface area contributed by atoms with Crippen molar-refractivity contribution in [3.05, 3.63) is 36.9 Å². The molecule has 0 bridgehead atoms. The first-order valence-electron chi connectivity index (χ1n) is 3.04. The molecule has 0 aliphatic carbocycles. The second-order valence-corrected chi connectivity index (χ2v) is 2.01. The van der Waals surface area contributed by atoms with E-state index in [1.165, 1.54) is 24.3 Å². The van der Waals surface area contributed by atoms with Crippen LogP contribution in [0.15, 0.2) is 24.3 Å². The molecule has 1 radical (unpaired) electrons. The number of hydrogen-bond donors (Lipinski definition) is 0. The van der Waals surface area contributed by atoms with Gasteiger partial charge in [0.15, 0.2) is 0 Å². The standard InChI is InChI=1S/C8H7F2O/c1-11-7-4-2-6(3-5-7)8(9)10/h2-5,8H,1H2. The highest BCUT2D eigenvalue weighted by molar-refractivity contribution is 5.27. The highest BCUT2D eigenvalue weighted by Crippen LogP contribution is 2.20. The van der Waals surface area contributed by atoms with E-state index in [9.17, 15) is 8.78 Å². The predicted octanol–water partition coefficient (Wildman–Crippen LogP) is 2.79. The van der Waals surface area contributed by atoms with Gasteiger partial charge in [-0.25, -0.2) is 8.78 Å². The van der Waals surface area contributed by atoms with Crippen molar-refractivity contribution < 1.29 is 13.5 Å². The third-order valence-electron chi connectivity index (χ3n) is 1.30. The van der Waals surface area contributed by atoms with E-state index in [4.69, 9.17) is 0 Å². The Morgan fingerprint density at radius 3 is 2.09 bits per heavy atom. The van der Waals surface area contributed by atoms with Gasteiger partial charge in [0.2, 0.25) is 0 Å². The molecule has 0 spiro atoms. The molecule has 3 heteroatoms. The summed E-state index contributed by atoms with van der Waals surface area (Å²) in [6.45, 7) is 0. The molecule has 0 aliphatic rings. The van der Waals surface area contributed by atoms with Gasteiger partial charge >= 0.3 is 0 Å². The van der Waals surface area contributed by atoms with E-state index in [0.717, 1.165) is 0 Å². The lowest BCUT2D eigenvalue weighted by atomic mass is 10.2. The predicted molar refractivity (Wildman–Crippen MR) is 37.4 cm³/mol. The van der Waals surface area contributed by atoms with Crippen molar-refractivity contribution in [2.45, 2.75) is 6.43 Å². The Bertz CT molecular complexity index is 218. The van der Waals surface area contributed by atoms with Crippen molar-refractivity contribution in [1.29, 1.82) is 0 Å². The van der Waals surface area contributed by atoms with Gasteiger partial charge in [-0.1, -0.05) is 0 Å². The van der Waals surface area contributed by atoms with Crippen LogP contribution in [0.3, 0.4) is 0 Å². The first-order valence-corrected chi connectivity index (χ1v) is 3.04. The quantitative estimate of drug-likeness (QED) is 0.641. The molecular weight excluding hydrogens is 150 g/mol. The van der Waals surface area contributed by atoms with Gasteiger partial charge in [-0.15, -0.1) is 0 Å². The fourth-order valence-electron chi connectivity index (χ4n) is 0.710. The van der Waals surface area contributed by atoms with E-state index in [-0.39, 0.29) is 5.56 Å². The molecule has 0 aromatic heterocycles. The zero-order valence-corrected chi connectivity index (χ0v) is 5.76. The summed E-state index contributed by atoms with van der Waals surface area (Å²) in [4.78, 5) is 0. The Hall–Kier alpha value is -1.12. The van der Waals surface area contributed by atoms with Crippen LogP contribution in [0, 0.1) is 7.11 Å². The van der Waals surface area contributed by atoms with Crippen LogP contribution in [0.2, 0.25) is 0 Å². The number of ether oxygens (including phenoxy) is 1. The molecule has 0 saturated heterocycles. The molecule has 1 aromatic rings. The lowest BCUT2D eigenvalue weighted by molar-refractivity contribution is 0.151. The van der Waals surface area contributed by atoms with E-state index >= 15 is 0 Å². The van der Waals surface area contributed by atoms with Crippen molar-refractivity contribution >= 4 is 0 Å². The van der Waals surface area contributed by atoms with Crippen LogP contribution < -0.4 is 4.74 Å². The molecule has 0 heterocycles. The first kappa shape index (κ1) is 7.98. The zero-order valence-electron chi connectivity index (χ0n) is 5.76. The fraction of sp³-hybridized carbons (Fsp3) is 0.125. The van der Waals surface area contributed by atoms with Gasteiger partial charge < -0.3 is 4.74 Å². The van der Waals surface area contributed by atoms with Crippen LogP contribution in [0.5, 0.6) is 5.75 Å². The highest BCUT2D eigenvalue weighted by Gasteiger charge is 2.04. The fourth-order valence-corrected chi connectivity index (χ4v) is 0.710. The van der Waals surface area contributed by atoms with Crippen molar-refractivity contribution in [1.82, 2.24) is 0 Å². The summed E-state index contributed by atoms with van der Waals surface area (Å²) >= 11 is 0. The minimum Gasteiger partial charge on any atom is -0.490 e. The second kappa shape index (κ2) is 3.32. The number of halogens is 2. The van der Waals surface area contributed by atoms with E-state index in [1.807, 2.05) is 0 Å². The number of alkyl halides is 2. The molecule has 0 amide bonds. The Labute approximate surface area is 63.6 Å². The van der Waals surface area contributed by atoms with Crippen molar-refractivity contribution in [3.8, 4) is 5.75 Å². The molecule has 1 aromatic carbocycles.